The summed E-state index contributed by atoms with van der Waals surface area (Å²) in [6.07, 6.45) is -1.13. The van der Waals surface area contributed by atoms with Crippen LogP contribution in [0.4, 0.5) is 4.79 Å². The van der Waals surface area contributed by atoms with Crippen LogP contribution in [-0.2, 0) is 23.9 Å². The average Bonchev–Trinajstić information content (AvgIpc) is 3.56. The minimum atomic E-state index is -2.81. The minimum absolute atomic E-state index is 0.148. The van der Waals surface area contributed by atoms with Crippen molar-refractivity contribution < 1.29 is 38.9 Å². The first-order chi connectivity index (χ1) is 22.1. The van der Waals surface area contributed by atoms with Gasteiger partial charge < -0.3 is 25.4 Å². The Morgan fingerprint density at radius 2 is 1.07 bits per heavy atom. The van der Waals surface area contributed by atoms with Crippen LogP contribution in [-0.4, -0.2) is 70.5 Å². The molecule has 2 unspecified atom stereocenters. The van der Waals surface area contributed by atoms with Gasteiger partial charge in [0.25, 0.3) is 0 Å². The maximum Gasteiger partial charge on any atom is 0.410 e. The summed E-state index contributed by atoms with van der Waals surface area (Å²) in [4.78, 5) is 52.1. The van der Waals surface area contributed by atoms with Gasteiger partial charge in [-0.3, -0.25) is 9.69 Å². The normalized spacial score (nSPS) is 15.0. The molecule has 2 atom stereocenters. The van der Waals surface area contributed by atoms with E-state index in [0.717, 1.165) is 44.5 Å². The molecule has 0 fully saturated rings. The second-order valence-corrected chi connectivity index (χ2v) is 11.5. The summed E-state index contributed by atoms with van der Waals surface area (Å²) in [5, 5.41) is 19.9. The summed E-state index contributed by atoms with van der Waals surface area (Å²) in [5.74, 6) is -5.24. The number of hydrogen-bond donors (Lipinski definition) is 3. The number of ether oxygens (including phenoxy) is 2. The fourth-order valence-electron chi connectivity index (χ4n) is 6.58. The Kier molecular flexibility index (Phi) is 8.06. The largest absolute Gasteiger partial charge is 0.480 e. The van der Waals surface area contributed by atoms with Gasteiger partial charge in [-0.25, -0.2) is 14.4 Å². The molecule has 0 radical (unpaired) electrons. The van der Waals surface area contributed by atoms with Gasteiger partial charge in [-0.2, -0.15) is 0 Å². The first kappa shape index (κ1) is 30.5. The molecule has 4 aromatic rings. The van der Waals surface area contributed by atoms with Crippen LogP contribution in [0.15, 0.2) is 97.1 Å². The number of carboxylic acid groups (broad SMARTS) is 2. The Labute approximate surface area is 265 Å². The molecule has 4 aromatic carbocycles. The monoisotopic (exact) mass is 620 g/mol. The van der Waals surface area contributed by atoms with E-state index >= 15 is 0 Å². The molecule has 0 saturated carbocycles. The molecule has 46 heavy (non-hydrogen) atoms. The van der Waals surface area contributed by atoms with Gasteiger partial charge in [0.15, 0.2) is 0 Å². The van der Waals surface area contributed by atoms with E-state index in [1.54, 1.807) is 0 Å². The van der Waals surface area contributed by atoms with E-state index < -0.39 is 42.1 Å². The summed E-state index contributed by atoms with van der Waals surface area (Å²) >= 11 is 0. The second kappa shape index (κ2) is 12.1. The number of carbonyl (C=O) groups excluding carboxylic acids is 2. The number of carbonyl (C=O) groups is 4. The molecule has 0 bridgehead atoms. The fourth-order valence-corrected chi connectivity index (χ4v) is 6.58. The molecule has 0 spiro atoms. The highest BCUT2D eigenvalue weighted by Gasteiger charge is 2.53. The predicted octanol–water partition coefficient (Wildman–Crippen LogP) is 4.85. The summed E-state index contributed by atoms with van der Waals surface area (Å²) in [6.45, 7) is -0.123. The van der Waals surface area contributed by atoms with Crippen molar-refractivity contribution >= 4 is 24.0 Å². The Bertz CT molecular complexity index is 1760. The van der Waals surface area contributed by atoms with Gasteiger partial charge in [0, 0.05) is 11.8 Å². The summed E-state index contributed by atoms with van der Waals surface area (Å²) in [5.41, 5.74) is 11.1. The van der Waals surface area contributed by atoms with Crippen LogP contribution in [0.2, 0.25) is 0 Å². The number of amides is 1. The highest BCUT2D eigenvalue weighted by molar-refractivity contribution is 6.05. The zero-order valence-electron chi connectivity index (χ0n) is 25.0. The zero-order valence-corrected chi connectivity index (χ0v) is 25.0. The number of fused-ring (bicyclic) bond motifs is 6. The fraction of sp³-hybridized carbons (Fsp3) is 0.222. The van der Waals surface area contributed by atoms with Crippen molar-refractivity contribution in [2.75, 3.05) is 19.8 Å². The lowest BCUT2D eigenvalue weighted by molar-refractivity contribution is -0.165. The molecule has 10 heteroatoms. The second-order valence-electron chi connectivity index (χ2n) is 11.5. The first-order valence-electron chi connectivity index (χ1n) is 14.8. The molecule has 1 amide bonds. The van der Waals surface area contributed by atoms with Gasteiger partial charge >= 0.3 is 24.0 Å². The molecule has 10 nitrogen and oxygen atoms in total. The van der Waals surface area contributed by atoms with Gasteiger partial charge in [0.1, 0.15) is 19.8 Å². The van der Waals surface area contributed by atoms with Crippen molar-refractivity contribution in [2.24, 2.45) is 5.73 Å². The third kappa shape index (κ3) is 5.16. The summed E-state index contributed by atoms with van der Waals surface area (Å²) in [6, 6.07) is 29.0. The van der Waals surface area contributed by atoms with Crippen LogP contribution in [0.3, 0.4) is 0 Å². The number of hydrogen-bond acceptors (Lipinski definition) is 7. The SMILES string of the molecule is CC(N(CC(=O)O)C(=O)OCC1c2ccccc2-c2ccccc21)C(N)(C(=O)O)C(=O)OCC1c2ccccc2-c2ccccc21. The van der Waals surface area contributed by atoms with Crippen molar-refractivity contribution in [3.05, 3.63) is 119 Å². The van der Waals surface area contributed by atoms with Crippen molar-refractivity contribution in [1.29, 1.82) is 0 Å². The van der Waals surface area contributed by atoms with Gasteiger partial charge in [0.2, 0.25) is 5.54 Å². The number of nitrogens with zero attached hydrogens (tertiary/aromatic N) is 1. The van der Waals surface area contributed by atoms with Crippen LogP contribution >= 0.6 is 0 Å². The Balaban J connectivity index is 1.21. The van der Waals surface area contributed by atoms with E-state index in [1.807, 2.05) is 97.1 Å². The Morgan fingerprint density at radius 1 is 0.696 bits per heavy atom. The smallest absolute Gasteiger partial charge is 0.410 e. The molecular weight excluding hydrogens is 588 g/mol. The third-order valence-corrected chi connectivity index (χ3v) is 9.04. The number of esters is 1. The topological polar surface area (TPSA) is 156 Å². The number of nitrogens with two attached hydrogens (primary N) is 1. The van der Waals surface area contributed by atoms with Crippen LogP contribution < -0.4 is 5.73 Å². The standard InChI is InChI=1S/C36H32N2O8/c1-21(36(37,33(41)42)34(43)45-19-30-26-14-6-2-10-22(26)23-11-3-7-15-27(23)30)38(18-32(39)40)35(44)46-20-31-28-16-8-4-12-24(28)25-13-5-9-17-29(25)31/h2-17,21,30-31H,18-20,37H2,1H3,(H,39,40)(H,41,42). The van der Waals surface area contributed by atoms with E-state index in [-0.39, 0.29) is 25.0 Å². The molecule has 4 N–H and O–H groups in total. The van der Waals surface area contributed by atoms with E-state index in [1.165, 1.54) is 6.92 Å². The zero-order chi connectivity index (χ0) is 32.6. The molecule has 2 aliphatic carbocycles. The third-order valence-electron chi connectivity index (χ3n) is 9.04. The van der Waals surface area contributed by atoms with E-state index in [9.17, 15) is 29.4 Å². The van der Waals surface area contributed by atoms with E-state index in [0.29, 0.717) is 4.90 Å². The average molecular weight is 621 g/mol. The number of aliphatic carboxylic acids is 2. The van der Waals surface area contributed by atoms with Gasteiger partial charge in [0.05, 0.1) is 6.04 Å². The van der Waals surface area contributed by atoms with Crippen LogP contribution in [0.1, 0.15) is 41.0 Å². The molecule has 0 aromatic heterocycles. The Hall–Kier alpha value is -5.48. The number of benzene rings is 4. The molecule has 0 saturated heterocycles. The van der Waals surface area contributed by atoms with Crippen molar-refractivity contribution in [3.8, 4) is 22.3 Å². The molecule has 234 valence electrons. The molecule has 6 rings (SSSR count). The maximum atomic E-state index is 13.5. The quantitative estimate of drug-likeness (QED) is 0.167. The lowest BCUT2D eigenvalue weighted by Crippen LogP contribution is -2.68. The molecule has 2 aliphatic rings. The summed E-state index contributed by atoms with van der Waals surface area (Å²) < 4.78 is 11.2. The summed E-state index contributed by atoms with van der Waals surface area (Å²) in [7, 11) is 0. The van der Waals surface area contributed by atoms with Gasteiger partial charge in [-0.1, -0.05) is 97.1 Å². The number of carboxylic acids is 2. The Morgan fingerprint density at radius 3 is 1.43 bits per heavy atom. The van der Waals surface area contributed by atoms with E-state index in [4.69, 9.17) is 15.2 Å². The van der Waals surface area contributed by atoms with Crippen LogP contribution in [0, 0.1) is 0 Å². The van der Waals surface area contributed by atoms with Crippen LogP contribution in [0.25, 0.3) is 22.3 Å². The maximum absolute atomic E-state index is 13.5. The lowest BCUT2D eigenvalue weighted by atomic mass is 9.91. The first-order valence-corrected chi connectivity index (χ1v) is 14.8. The lowest BCUT2D eigenvalue weighted by Gasteiger charge is -2.36. The van der Waals surface area contributed by atoms with Gasteiger partial charge in [-0.05, 0) is 51.4 Å². The van der Waals surface area contributed by atoms with E-state index in [2.05, 4.69) is 0 Å². The van der Waals surface area contributed by atoms with Gasteiger partial charge in [-0.15, -0.1) is 0 Å². The molecular formula is C36H32N2O8. The highest BCUT2D eigenvalue weighted by atomic mass is 16.6. The minimum Gasteiger partial charge on any atom is -0.480 e. The van der Waals surface area contributed by atoms with Crippen molar-refractivity contribution in [3.63, 3.8) is 0 Å². The van der Waals surface area contributed by atoms with Crippen molar-refractivity contribution in [2.45, 2.75) is 30.3 Å². The van der Waals surface area contributed by atoms with Crippen molar-refractivity contribution in [1.82, 2.24) is 4.90 Å². The highest BCUT2D eigenvalue weighted by Crippen LogP contribution is 2.46. The molecule has 0 heterocycles. The number of rotatable bonds is 10. The van der Waals surface area contributed by atoms with Crippen LogP contribution in [0.5, 0.6) is 0 Å². The molecule has 0 aliphatic heterocycles. The predicted molar refractivity (Wildman–Crippen MR) is 168 cm³/mol.